The molecule has 2 rings (SSSR count). The summed E-state index contributed by atoms with van der Waals surface area (Å²) in [6, 6.07) is 0.179. The van der Waals surface area contributed by atoms with Crippen LogP contribution in [0.2, 0.25) is 0 Å². The van der Waals surface area contributed by atoms with E-state index in [1.54, 1.807) is 0 Å². The molecule has 1 saturated heterocycles. The minimum atomic E-state index is 0.120. The van der Waals surface area contributed by atoms with Crippen molar-refractivity contribution >= 4 is 5.91 Å². The normalized spacial score (nSPS) is 38.3. The fraction of sp³-hybridized carbons (Fsp3) is 0.929. The zero-order chi connectivity index (χ0) is 13.1. The van der Waals surface area contributed by atoms with Crippen LogP contribution < -0.4 is 5.73 Å². The van der Waals surface area contributed by atoms with E-state index in [9.17, 15) is 4.79 Å². The van der Waals surface area contributed by atoms with Gasteiger partial charge < -0.3 is 15.4 Å². The molecule has 2 aliphatic rings. The molecule has 4 unspecified atom stereocenters. The summed E-state index contributed by atoms with van der Waals surface area (Å²) in [6.07, 6.45) is 2.87. The lowest BCUT2D eigenvalue weighted by atomic mass is 9.72. The predicted molar refractivity (Wildman–Crippen MR) is 71.0 cm³/mol. The van der Waals surface area contributed by atoms with E-state index in [2.05, 4.69) is 13.8 Å². The Bertz CT molecular complexity index is 288. The van der Waals surface area contributed by atoms with Crippen LogP contribution in [-0.2, 0) is 9.53 Å². The lowest BCUT2D eigenvalue weighted by Crippen LogP contribution is -2.47. The molecule has 0 spiro atoms. The van der Waals surface area contributed by atoms with Gasteiger partial charge in [0.05, 0.1) is 6.61 Å². The second kappa shape index (κ2) is 6.02. The van der Waals surface area contributed by atoms with Gasteiger partial charge in [0.15, 0.2) is 0 Å². The van der Waals surface area contributed by atoms with Crippen molar-refractivity contribution < 1.29 is 9.53 Å². The summed E-state index contributed by atoms with van der Waals surface area (Å²) in [7, 11) is 0. The minimum Gasteiger partial charge on any atom is -0.380 e. The molecule has 4 heteroatoms. The first-order valence-corrected chi connectivity index (χ1v) is 7.21. The monoisotopic (exact) mass is 254 g/mol. The molecular weight excluding hydrogens is 228 g/mol. The van der Waals surface area contributed by atoms with E-state index in [0.717, 1.165) is 39.0 Å². The molecule has 0 aromatic carbocycles. The van der Waals surface area contributed by atoms with Gasteiger partial charge in [-0.15, -0.1) is 0 Å². The van der Waals surface area contributed by atoms with Gasteiger partial charge in [-0.1, -0.05) is 13.8 Å². The third kappa shape index (κ3) is 3.04. The van der Waals surface area contributed by atoms with Crippen molar-refractivity contribution in [2.75, 3.05) is 26.3 Å². The molecular formula is C14H26N2O2. The average molecular weight is 254 g/mol. The van der Waals surface area contributed by atoms with Crippen LogP contribution in [0.25, 0.3) is 0 Å². The number of hydrogen-bond donors (Lipinski definition) is 1. The molecule has 1 aliphatic carbocycles. The van der Waals surface area contributed by atoms with E-state index < -0.39 is 0 Å². The van der Waals surface area contributed by atoms with Gasteiger partial charge in [-0.3, -0.25) is 4.79 Å². The van der Waals surface area contributed by atoms with Crippen LogP contribution in [0, 0.1) is 17.8 Å². The minimum absolute atomic E-state index is 0.120. The Morgan fingerprint density at radius 1 is 1.17 bits per heavy atom. The van der Waals surface area contributed by atoms with Gasteiger partial charge in [0.25, 0.3) is 0 Å². The lowest BCUT2D eigenvalue weighted by molar-refractivity contribution is -0.139. The summed E-state index contributed by atoms with van der Waals surface area (Å²) < 4.78 is 5.41. The number of amides is 1. The highest BCUT2D eigenvalue weighted by atomic mass is 16.5. The number of hydrogen-bond acceptors (Lipinski definition) is 3. The molecule has 1 aliphatic heterocycles. The Hall–Kier alpha value is -0.610. The highest BCUT2D eigenvalue weighted by Crippen LogP contribution is 2.34. The molecule has 1 heterocycles. The number of nitrogens with two attached hydrogens (primary N) is 1. The molecule has 4 atom stereocenters. The van der Waals surface area contributed by atoms with E-state index in [0.29, 0.717) is 24.3 Å². The van der Waals surface area contributed by atoms with Gasteiger partial charge in [0, 0.05) is 31.7 Å². The van der Waals surface area contributed by atoms with Crippen LogP contribution in [0.15, 0.2) is 0 Å². The fourth-order valence-corrected chi connectivity index (χ4v) is 3.23. The van der Waals surface area contributed by atoms with Crippen LogP contribution >= 0.6 is 0 Å². The van der Waals surface area contributed by atoms with Gasteiger partial charge in [0.2, 0.25) is 5.91 Å². The quantitative estimate of drug-likeness (QED) is 0.766. The topological polar surface area (TPSA) is 55.6 Å². The van der Waals surface area contributed by atoms with Gasteiger partial charge >= 0.3 is 0 Å². The van der Waals surface area contributed by atoms with Gasteiger partial charge in [-0.25, -0.2) is 0 Å². The van der Waals surface area contributed by atoms with E-state index in [1.165, 1.54) is 0 Å². The standard InChI is InChI=1S/C14H26N2O2/c1-10-8-11(2)13(15)9-12(10)14(17)16-4-3-6-18-7-5-16/h10-13H,3-9,15H2,1-2H3. The molecule has 0 aromatic rings. The molecule has 4 nitrogen and oxygen atoms in total. The number of nitrogens with zero attached hydrogens (tertiary/aromatic N) is 1. The summed E-state index contributed by atoms with van der Waals surface area (Å²) >= 11 is 0. The first kappa shape index (κ1) is 13.8. The third-order valence-corrected chi connectivity index (χ3v) is 4.54. The SMILES string of the molecule is CC1CC(C)C(C(=O)N2CCCOCC2)CC1N. The number of ether oxygens (including phenoxy) is 1. The second-order valence-corrected chi connectivity index (χ2v) is 5.99. The van der Waals surface area contributed by atoms with Crippen molar-refractivity contribution in [3.05, 3.63) is 0 Å². The Labute approximate surface area is 110 Å². The van der Waals surface area contributed by atoms with Crippen LogP contribution in [0.4, 0.5) is 0 Å². The summed E-state index contributed by atoms with van der Waals surface area (Å²) in [5, 5.41) is 0. The Balaban J connectivity index is 1.98. The molecule has 2 N–H and O–H groups in total. The summed E-state index contributed by atoms with van der Waals surface area (Å²) in [5.41, 5.74) is 6.13. The molecule has 0 radical (unpaired) electrons. The molecule has 2 fully saturated rings. The summed E-state index contributed by atoms with van der Waals surface area (Å²) in [6.45, 7) is 7.43. The summed E-state index contributed by atoms with van der Waals surface area (Å²) in [4.78, 5) is 14.6. The van der Waals surface area contributed by atoms with Gasteiger partial charge in [0.1, 0.15) is 0 Å². The molecule has 1 saturated carbocycles. The zero-order valence-corrected chi connectivity index (χ0v) is 11.6. The largest absolute Gasteiger partial charge is 0.380 e. The number of rotatable bonds is 1. The predicted octanol–water partition coefficient (Wildman–Crippen LogP) is 1.24. The van der Waals surface area contributed by atoms with E-state index in [-0.39, 0.29) is 12.0 Å². The first-order valence-electron chi connectivity index (χ1n) is 7.21. The van der Waals surface area contributed by atoms with Crippen molar-refractivity contribution in [3.63, 3.8) is 0 Å². The lowest BCUT2D eigenvalue weighted by Gasteiger charge is -2.38. The van der Waals surface area contributed by atoms with Crippen molar-refractivity contribution in [3.8, 4) is 0 Å². The van der Waals surface area contributed by atoms with Crippen LogP contribution in [0.3, 0.4) is 0 Å². The molecule has 1 amide bonds. The molecule has 0 bridgehead atoms. The van der Waals surface area contributed by atoms with Gasteiger partial charge in [-0.05, 0) is 31.1 Å². The third-order valence-electron chi connectivity index (χ3n) is 4.54. The van der Waals surface area contributed by atoms with E-state index >= 15 is 0 Å². The van der Waals surface area contributed by atoms with Crippen molar-refractivity contribution in [1.29, 1.82) is 0 Å². The van der Waals surface area contributed by atoms with Crippen molar-refractivity contribution in [1.82, 2.24) is 4.90 Å². The van der Waals surface area contributed by atoms with E-state index in [4.69, 9.17) is 10.5 Å². The zero-order valence-electron chi connectivity index (χ0n) is 11.6. The van der Waals surface area contributed by atoms with Crippen LogP contribution in [0.1, 0.15) is 33.1 Å². The maximum Gasteiger partial charge on any atom is 0.226 e. The first-order chi connectivity index (χ1) is 8.59. The fourth-order valence-electron chi connectivity index (χ4n) is 3.23. The highest BCUT2D eigenvalue weighted by molar-refractivity contribution is 5.79. The average Bonchev–Trinajstić information content (AvgIpc) is 2.61. The second-order valence-electron chi connectivity index (χ2n) is 5.99. The Morgan fingerprint density at radius 2 is 1.94 bits per heavy atom. The van der Waals surface area contributed by atoms with Crippen molar-refractivity contribution in [2.24, 2.45) is 23.5 Å². The van der Waals surface area contributed by atoms with Crippen molar-refractivity contribution in [2.45, 2.75) is 39.2 Å². The number of carbonyl (C=O) groups excluding carboxylic acids is 1. The maximum absolute atomic E-state index is 12.6. The molecule has 104 valence electrons. The summed E-state index contributed by atoms with van der Waals surface area (Å²) in [5.74, 6) is 1.41. The van der Waals surface area contributed by atoms with Crippen LogP contribution in [-0.4, -0.2) is 43.2 Å². The molecule has 18 heavy (non-hydrogen) atoms. The highest BCUT2D eigenvalue weighted by Gasteiger charge is 2.37. The van der Waals surface area contributed by atoms with E-state index in [1.807, 2.05) is 4.90 Å². The Kier molecular flexibility index (Phi) is 4.62. The van der Waals surface area contributed by atoms with Crippen LogP contribution in [0.5, 0.6) is 0 Å². The Morgan fingerprint density at radius 3 is 2.72 bits per heavy atom. The maximum atomic E-state index is 12.6. The smallest absolute Gasteiger partial charge is 0.226 e. The van der Waals surface area contributed by atoms with Gasteiger partial charge in [-0.2, -0.15) is 0 Å². The molecule has 0 aromatic heterocycles. The number of carbonyl (C=O) groups is 1.